The van der Waals surface area contributed by atoms with Crippen molar-refractivity contribution >= 4 is 11.8 Å². The van der Waals surface area contributed by atoms with Crippen LogP contribution in [0.2, 0.25) is 0 Å². The monoisotopic (exact) mass is 402 g/mol. The molecule has 1 fully saturated rings. The third-order valence-electron chi connectivity index (χ3n) is 5.53. The molecule has 3 aromatic rings. The van der Waals surface area contributed by atoms with Crippen LogP contribution < -0.4 is 0 Å². The SMILES string of the molecule is O=C1C[C@H](C(=O)N(CCc2ccccc2)Cc2ccccc2)CN1Cc1ccco1. The average Bonchev–Trinajstić information content (AvgIpc) is 3.42. The number of carbonyl (C=O) groups excluding carboxylic acids is 2. The average molecular weight is 402 g/mol. The molecule has 30 heavy (non-hydrogen) atoms. The number of furan rings is 1. The van der Waals surface area contributed by atoms with Gasteiger partial charge in [0.25, 0.3) is 0 Å². The van der Waals surface area contributed by atoms with Gasteiger partial charge in [0.2, 0.25) is 11.8 Å². The minimum absolute atomic E-state index is 0.00692. The molecule has 1 aliphatic rings. The van der Waals surface area contributed by atoms with Crippen LogP contribution in [0, 0.1) is 5.92 Å². The van der Waals surface area contributed by atoms with Crippen molar-refractivity contribution in [1.29, 1.82) is 0 Å². The molecule has 5 heteroatoms. The normalized spacial score (nSPS) is 16.1. The van der Waals surface area contributed by atoms with Crippen molar-refractivity contribution in [1.82, 2.24) is 9.80 Å². The van der Waals surface area contributed by atoms with Crippen molar-refractivity contribution in [3.05, 3.63) is 95.9 Å². The summed E-state index contributed by atoms with van der Waals surface area (Å²) >= 11 is 0. The van der Waals surface area contributed by atoms with E-state index in [2.05, 4.69) is 12.1 Å². The van der Waals surface area contributed by atoms with Crippen LogP contribution in [-0.4, -0.2) is 34.7 Å². The molecule has 0 bridgehead atoms. The van der Waals surface area contributed by atoms with Gasteiger partial charge in [0, 0.05) is 26.1 Å². The summed E-state index contributed by atoms with van der Waals surface area (Å²) in [6.07, 6.45) is 2.65. The summed E-state index contributed by atoms with van der Waals surface area (Å²) in [5.41, 5.74) is 2.29. The Morgan fingerprint density at radius 1 is 0.967 bits per heavy atom. The first-order chi connectivity index (χ1) is 14.7. The summed E-state index contributed by atoms with van der Waals surface area (Å²) in [7, 11) is 0. The molecule has 0 saturated carbocycles. The second-order valence-corrected chi connectivity index (χ2v) is 7.74. The highest BCUT2D eigenvalue weighted by atomic mass is 16.3. The number of hydrogen-bond donors (Lipinski definition) is 0. The molecule has 4 rings (SSSR count). The van der Waals surface area contributed by atoms with E-state index in [0.29, 0.717) is 26.2 Å². The maximum atomic E-state index is 13.4. The first-order valence-corrected chi connectivity index (χ1v) is 10.4. The Kier molecular flexibility index (Phi) is 6.28. The van der Waals surface area contributed by atoms with E-state index >= 15 is 0 Å². The zero-order chi connectivity index (χ0) is 20.8. The van der Waals surface area contributed by atoms with Crippen LogP contribution in [0.4, 0.5) is 0 Å². The van der Waals surface area contributed by atoms with Gasteiger partial charge in [-0.3, -0.25) is 9.59 Å². The summed E-state index contributed by atoms with van der Waals surface area (Å²) in [4.78, 5) is 29.5. The number of hydrogen-bond acceptors (Lipinski definition) is 3. The fourth-order valence-corrected chi connectivity index (χ4v) is 3.92. The number of likely N-dealkylation sites (tertiary alicyclic amines) is 1. The summed E-state index contributed by atoms with van der Waals surface area (Å²) in [5.74, 6) is 0.478. The maximum Gasteiger partial charge on any atom is 0.228 e. The van der Waals surface area contributed by atoms with Crippen LogP contribution in [-0.2, 0) is 29.1 Å². The van der Waals surface area contributed by atoms with E-state index in [-0.39, 0.29) is 24.2 Å². The molecule has 2 aromatic carbocycles. The molecule has 1 aliphatic heterocycles. The van der Waals surface area contributed by atoms with Crippen LogP contribution in [0.1, 0.15) is 23.3 Å². The number of nitrogens with zero attached hydrogens (tertiary/aromatic N) is 2. The molecule has 0 unspecified atom stereocenters. The Balaban J connectivity index is 1.44. The summed E-state index contributed by atoms with van der Waals surface area (Å²) in [6.45, 7) is 2.03. The second-order valence-electron chi connectivity index (χ2n) is 7.74. The molecule has 2 heterocycles. The van der Waals surface area contributed by atoms with Crippen LogP contribution in [0.3, 0.4) is 0 Å². The van der Waals surface area contributed by atoms with Gasteiger partial charge in [0.1, 0.15) is 5.76 Å². The van der Waals surface area contributed by atoms with Crippen molar-refractivity contribution < 1.29 is 14.0 Å². The molecule has 5 nitrogen and oxygen atoms in total. The predicted octanol–water partition coefficient (Wildman–Crippen LogP) is 3.90. The van der Waals surface area contributed by atoms with E-state index in [4.69, 9.17) is 4.42 Å². The highest BCUT2D eigenvalue weighted by Crippen LogP contribution is 2.23. The molecule has 1 aromatic heterocycles. The number of benzene rings is 2. The fraction of sp³-hybridized carbons (Fsp3) is 0.280. The Bertz CT molecular complexity index is 955. The number of amides is 2. The minimum atomic E-state index is -0.313. The number of rotatable bonds is 8. The van der Waals surface area contributed by atoms with Gasteiger partial charge in [-0.05, 0) is 29.7 Å². The van der Waals surface area contributed by atoms with Gasteiger partial charge in [-0.25, -0.2) is 0 Å². The third-order valence-corrected chi connectivity index (χ3v) is 5.53. The van der Waals surface area contributed by atoms with Crippen molar-refractivity contribution in [2.75, 3.05) is 13.1 Å². The van der Waals surface area contributed by atoms with Crippen LogP contribution in [0.25, 0.3) is 0 Å². The fourth-order valence-electron chi connectivity index (χ4n) is 3.92. The lowest BCUT2D eigenvalue weighted by atomic mass is 10.1. The van der Waals surface area contributed by atoms with Gasteiger partial charge in [0.15, 0.2) is 0 Å². The van der Waals surface area contributed by atoms with Gasteiger partial charge in [-0.15, -0.1) is 0 Å². The Labute approximate surface area is 176 Å². The van der Waals surface area contributed by atoms with Crippen molar-refractivity contribution in [3.63, 3.8) is 0 Å². The van der Waals surface area contributed by atoms with Crippen LogP contribution >= 0.6 is 0 Å². The van der Waals surface area contributed by atoms with E-state index in [1.807, 2.05) is 65.6 Å². The van der Waals surface area contributed by atoms with Gasteiger partial charge in [-0.2, -0.15) is 0 Å². The van der Waals surface area contributed by atoms with Crippen LogP contribution in [0.5, 0.6) is 0 Å². The predicted molar refractivity (Wildman–Crippen MR) is 114 cm³/mol. The molecule has 1 saturated heterocycles. The standard InChI is InChI=1S/C25H26N2O3/c28-24-16-22(18-27(24)19-23-12-7-15-30-23)25(29)26(17-21-10-5-2-6-11-21)14-13-20-8-3-1-4-9-20/h1-12,15,22H,13-14,16-19H2/t22-/m0/s1. The molecule has 2 amide bonds. The highest BCUT2D eigenvalue weighted by molar-refractivity contribution is 5.89. The molecular weight excluding hydrogens is 376 g/mol. The van der Waals surface area contributed by atoms with E-state index in [9.17, 15) is 9.59 Å². The summed E-state index contributed by atoms with van der Waals surface area (Å²) < 4.78 is 5.36. The lowest BCUT2D eigenvalue weighted by Gasteiger charge is -2.26. The summed E-state index contributed by atoms with van der Waals surface area (Å²) in [5, 5.41) is 0. The van der Waals surface area contributed by atoms with Crippen molar-refractivity contribution in [3.8, 4) is 0 Å². The van der Waals surface area contributed by atoms with Crippen molar-refractivity contribution in [2.45, 2.75) is 25.9 Å². The lowest BCUT2D eigenvalue weighted by Crippen LogP contribution is -2.38. The third kappa shape index (κ3) is 4.98. The smallest absolute Gasteiger partial charge is 0.228 e. The quantitative estimate of drug-likeness (QED) is 0.574. The summed E-state index contributed by atoms with van der Waals surface area (Å²) in [6, 6.07) is 23.9. The molecular formula is C25H26N2O3. The van der Waals surface area contributed by atoms with Gasteiger partial charge in [0.05, 0.1) is 18.7 Å². The molecule has 0 radical (unpaired) electrons. The van der Waals surface area contributed by atoms with Gasteiger partial charge in [-0.1, -0.05) is 60.7 Å². The molecule has 154 valence electrons. The second kappa shape index (κ2) is 9.44. The van der Waals surface area contributed by atoms with Gasteiger partial charge < -0.3 is 14.2 Å². The van der Waals surface area contributed by atoms with E-state index < -0.39 is 0 Å². The Hall–Kier alpha value is -3.34. The largest absolute Gasteiger partial charge is 0.467 e. The minimum Gasteiger partial charge on any atom is -0.467 e. The number of carbonyl (C=O) groups is 2. The van der Waals surface area contributed by atoms with Gasteiger partial charge >= 0.3 is 0 Å². The molecule has 0 N–H and O–H groups in total. The topological polar surface area (TPSA) is 53.8 Å². The Morgan fingerprint density at radius 3 is 2.33 bits per heavy atom. The first-order valence-electron chi connectivity index (χ1n) is 10.4. The highest BCUT2D eigenvalue weighted by Gasteiger charge is 2.36. The lowest BCUT2D eigenvalue weighted by molar-refractivity contribution is -0.136. The zero-order valence-electron chi connectivity index (χ0n) is 16.9. The van der Waals surface area contributed by atoms with E-state index in [1.54, 1.807) is 11.2 Å². The Morgan fingerprint density at radius 2 is 1.67 bits per heavy atom. The molecule has 1 atom stereocenters. The van der Waals surface area contributed by atoms with E-state index in [0.717, 1.165) is 17.7 Å². The molecule has 0 aliphatic carbocycles. The first kappa shape index (κ1) is 20.0. The van der Waals surface area contributed by atoms with Crippen molar-refractivity contribution in [2.24, 2.45) is 5.92 Å². The molecule has 0 spiro atoms. The van der Waals surface area contributed by atoms with Crippen LogP contribution in [0.15, 0.2) is 83.5 Å². The zero-order valence-corrected chi connectivity index (χ0v) is 16.9. The van der Waals surface area contributed by atoms with E-state index in [1.165, 1.54) is 5.56 Å². The maximum absolute atomic E-state index is 13.4.